The predicted octanol–water partition coefficient (Wildman–Crippen LogP) is 4.39. The molecule has 0 fully saturated rings. The lowest BCUT2D eigenvalue weighted by Crippen LogP contribution is -2.12. The van der Waals surface area contributed by atoms with Gasteiger partial charge in [0.15, 0.2) is 15.7 Å². The van der Waals surface area contributed by atoms with E-state index in [1.54, 1.807) is 53.5 Å². The van der Waals surface area contributed by atoms with Crippen molar-refractivity contribution in [1.82, 2.24) is 9.78 Å². The maximum absolute atomic E-state index is 12.8. The average molecular weight is 442 g/mol. The molecule has 0 aliphatic rings. The van der Waals surface area contributed by atoms with Crippen molar-refractivity contribution in [3.8, 4) is 11.5 Å². The van der Waals surface area contributed by atoms with E-state index in [9.17, 15) is 13.2 Å². The zero-order valence-electron chi connectivity index (χ0n) is 16.5. The Kier molecular flexibility index (Phi) is 5.08. The number of carbonyl (C=O) groups excluding carboxylic acids is 1. The Morgan fingerprint density at radius 3 is 2.50 bits per heavy atom. The summed E-state index contributed by atoms with van der Waals surface area (Å²) >= 11 is 1.57. The molecule has 9 heteroatoms. The predicted molar refractivity (Wildman–Crippen MR) is 117 cm³/mol. The third kappa shape index (κ3) is 4.22. The first kappa shape index (κ1) is 20.1. The van der Waals surface area contributed by atoms with E-state index in [1.165, 1.54) is 12.1 Å². The van der Waals surface area contributed by atoms with Crippen molar-refractivity contribution in [2.45, 2.75) is 11.8 Å². The molecule has 4 aromatic rings. The van der Waals surface area contributed by atoms with Gasteiger partial charge in [-0.05, 0) is 49.4 Å². The van der Waals surface area contributed by atoms with Crippen molar-refractivity contribution in [3.63, 3.8) is 0 Å². The fourth-order valence-electron chi connectivity index (χ4n) is 3.00. The summed E-state index contributed by atoms with van der Waals surface area (Å²) in [5, 5.41) is 7.83. The maximum atomic E-state index is 12.8. The van der Waals surface area contributed by atoms with Gasteiger partial charge in [0.05, 0.1) is 4.90 Å². The second-order valence-electron chi connectivity index (χ2n) is 6.92. The molecule has 4 rings (SSSR count). The summed E-state index contributed by atoms with van der Waals surface area (Å²) in [7, 11) is -1.51. The lowest BCUT2D eigenvalue weighted by Gasteiger charge is -2.10. The summed E-state index contributed by atoms with van der Waals surface area (Å²) in [4.78, 5) is 14.1. The fraction of sp³-hybridized carbons (Fsp3) is 0.143. The molecule has 0 atom stereocenters. The Labute approximate surface area is 177 Å². The molecule has 0 aliphatic heterocycles. The van der Waals surface area contributed by atoms with E-state index in [-0.39, 0.29) is 10.8 Å². The molecule has 0 aliphatic carbocycles. The first-order valence-corrected chi connectivity index (χ1v) is 11.7. The van der Waals surface area contributed by atoms with E-state index in [0.717, 1.165) is 21.2 Å². The molecule has 0 saturated heterocycles. The number of sulfone groups is 1. The number of fused-ring (bicyclic) bond motifs is 1. The minimum atomic E-state index is -3.28. The van der Waals surface area contributed by atoms with E-state index in [0.29, 0.717) is 22.9 Å². The number of hydrogen-bond donors (Lipinski definition) is 1. The van der Waals surface area contributed by atoms with Crippen LogP contribution in [0.25, 0.3) is 10.1 Å². The molecule has 0 spiro atoms. The Morgan fingerprint density at radius 2 is 1.87 bits per heavy atom. The number of nitrogens with one attached hydrogen (secondary N) is 1. The van der Waals surface area contributed by atoms with Gasteiger partial charge >= 0.3 is 0 Å². The van der Waals surface area contributed by atoms with E-state index < -0.39 is 9.84 Å². The van der Waals surface area contributed by atoms with Crippen LogP contribution in [0.5, 0.6) is 11.5 Å². The highest BCUT2D eigenvalue weighted by molar-refractivity contribution is 7.90. The molecular formula is C21H19N3O4S2. The van der Waals surface area contributed by atoms with Gasteiger partial charge in [-0.25, -0.2) is 8.42 Å². The first-order chi connectivity index (χ1) is 14.2. The lowest BCUT2D eigenvalue weighted by molar-refractivity contribution is 0.102. The second-order valence-corrected chi connectivity index (χ2v) is 10.2. The zero-order chi connectivity index (χ0) is 21.5. The molecule has 30 heavy (non-hydrogen) atoms. The topological polar surface area (TPSA) is 90.3 Å². The highest BCUT2D eigenvalue weighted by Crippen LogP contribution is 2.36. The minimum absolute atomic E-state index is 0.217. The molecule has 0 radical (unpaired) electrons. The second kappa shape index (κ2) is 7.58. The molecule has 2 aromatic carbocycles. The highest BCUT2D eigenvalue weighted by Gasteiger charge is 2.15. The number of benzene rings is 2. The third-order valence-corrected chi connectivity index (χ3v) is 6.55. The minimum Gasteiger partial charge on any atom is -0.457 e. The Hall–Kier alpha value is -3.17. The van der Waals surface area contributed by atoms with Gasteiger partial charge in [-0.3, -0.25) is 9.48 Å². The molecule has 2 heterocycles. The van der Waals surface area contributed by atoms with Gasteiger partial charge in [-0.1, -0.05) is 0 Å². The number of aryl methyl sites for hydroxylation is 2. The van der Waals surface area contributed by atoms with Crippen LogP contribution >= 0.6 is 11.3 Å². The van der Waals surface area contributed by atoms with Crippen molar-refractivity contribution in [2.75, 3.05) is 11.6 Å². The van der Waals surface area contributed by atoms with E-state index in [2.05, 4.69) is 10.4 Å². The van der Waals surface area contributed by atoms with Crippen LogP contribution in [0.15, 0.2) is 59.6 Å². The van der Waals surface area contributed by atoms with Gasteiger partial charge in [0.1, 0.15) is 11.5 Å². The molecule has 0 saturated carbocycles. The van der Waals surface area contributed by atoms with Crippen molar-refractivity contribution < 1.29 is 17.9 Å². The van der Waals surface area contributed by atoms with Gasteiger partial charge in [-0.2, -0.15) is 5.10 Å². The fourth-order valence-corrected chi connectivity index (χ4v) is 4.61. The summed E-state index contributed by atoms with van der Waals surface area (Å²) in [6.45, 7) is 1.99. The van der Waals surface area contributed by atoms with Crippen LogP contribution in [0, 0.1) is 6.92 Å². The van der Waals surface area contributed by atoms with Crippen LogP contribution in [0.3, 0.4) is 0 Å². The van der Waals surface area contributed by atoms with Crippen molar-refractivity contribution in [3.05, 3.63) is 65.2 Å². The molecule has 2 aromatic heterocycles. The number of carbonyl (C=O) groups is 1. The third-order valence-electron chi connectivity index (χ3n) is 4.42. The first-order valence-electron chi connectivity index (χ1n) is 9.02. The van der Waals surface area contributed by atoms with Crippen LogP contribution in [0.2, 0.25) is 0 Å². The smallest absolute Gasteiger partial charge is 0.257 e. The van der Waals surface area contributed by atoms with Crippen molar-refractivity contribution in [1.29, 1.82) is 0 Å². The number of rotatable bonds is 5. The number of thiophene rings is 1. The Bertz CT molecular complexity index is 1350. The van der Waals surface area contributed by atoms with Gasteiger partial charge in [-0.15, -0.1) is 11.3 Å². The van der Waals surface area contributed by atoms with Gasteiger partial charge in [0, 0.05) is 46.1 Å². The summed E-state index contributed by atoms with van der Waals surface area (Å²) in [6.07, 6.45) is 2.90. The van der Waals surface area contributed by atoms with Crippen LogP contribution in [-0.2, 0) is 16.9 Å². The summed E-state index contributed by atoms with van der Waals surface area (Å²) < 4.78 is 31.9. The van der Waals surface area contributed by atoms with E-state index in [1.807, 2.05) is 19.1 Å². The van der Waals surface area contributed by atoms with Crippen LogP contribution in [-0.4, -0.2) is 30.4 Å². The zero-order valence-corrected chi connectivity index (χ0v) is 18.2. The van der Waals surface area contributed by atoms with Crippen molar-refractivity contribution >= 4 is 43.0 Å². The Morgan fingerprint density at radius 1 is 1.13 bits per heavy atom. The molecule has 1 N–H and O–H groups in total. The van der Waals surface area contributed by atoms with Crippen molar-refractivity contribution in [2.24, 2.45) is 7.05 Å². The lowest BCUT2D eigenvalue weighted by atomic mass is 10.1. The molecule has 1 amide bonds. The van der Waals surface area contributed by atoms with Crippen LogP contribution < -0.4 is 10.1 Å². The SMILES string of the molecule is Cc1cc2c(Oc3ccc(S(C)(=O)=O)cc3)cc(C(=O)Nc3ccn(C)n3)cc2s1. The average Bonchev–Trinajstić information content (AvgIpc) is 3.25. The largest absolute Gasteiger partial charge is 0.457 e. The van der Waals surface area contributed by atoms with E-state index >= 15 is 0 Å². The summed E-state index contributed by atoms with van der Waals surface area (Å²) in [6, 6.07) is 13.4. The number of hydrogen-bond acceptors (Lipinski definition) is 6. The summed E-state index contributed by atoms with van der Waals surface area (Å²) in [5.41, 5.74) is 0.442. The van der Waals surface area contributed by atoms with Gasteiger partial charge in [0.2, 0.25) is 0 Å². The molecular weight excluding hydrogens is 422 g/mol. The quantitative estimate of drug-likeness (QED) is 0.496. The number of aromatic nitrogens is 2. The number of nitrogens with zero attached hydrogens (tertiary/aromatic N) is 2. The highest BCUT2D eigenvalue weighted by atomic mass is 32.2. The summed E-state index contributed by atoms with van der Waals surface area (Å²) in [5.74, 6) is 1.17. The number of ether oxygens (including phenoxy) is 1. The van der Waals surface area contributed by atoms with Gasteiger partial charge < -0.3 is 10.1 Å². The molecule has 0 unspecified atom stereocenters. The Balaban J connectivity index is 1.68. The van der Waals surface area contributed by atoms with Gasteiger partial charge in [0.25, 0.3) is 5.91 Å². The maximum Gasteiger partial charge on any atom is 0.257 e. The molecule has 154 valence electrons. The van der Waals surface area contributed by atoms with Crippen LogP contribution in [0.4, 0.5) is 5.82 Å². The standard InChI is InChI=1S/C21H19N3O4S2/c1-13-10-17-18(28-15-4-6-16(7-5-15)30(3,26)27)11-14(12-19(17)29-13)21(25)22-20-8-9-24(2)23-20/h4-12H,1-3H3,(H,22,23,25). The normalized spacial score (nSPS) is 11.6. The monoisotopic (exact) mass is 441 g/mol. The molecule has 7 nitrogen and oxygen atoms in total. The number of amides is 1. The van der Waals surface area contributed by atoms with Crippen LogP contribution in [0.1, 0.15) is 15.2 Å². The van der Waals surface area contributed by atoms with E-state index in [4.69, 9.17) is 4.74 Å². The number of anilines is 1. The molecule has 0 bridgehead atoms.